The topological polar surface area (TPSA) is 61.2 Å². The van der Waals surface area contributed by atoms with Crippen LogP contribution < -0.4 is 10.3 Å². The number of ketones is 1. The Morgan fingerprint density at radius 1 is 1.21 bits per heavy atom. The number of para-hydroxylation sites is 1. The molecule has 4 aromatic rings. The van der Waals surface area contributed by atoms with Gasteiger partial charge in [-0.05, 0) is 30.5 Å². The summed E-state index contributed by atoms with van der Waals surface area (Å²) in [5.74, 6) is 0.671. The number of thiophene rings is 2. The summed E-state index contributed by atoms with van der Waals surface area (Å²) < 4.78 is 6.93. The van der Waals surface area contributed by atoms with Gasteiger partial charge in [-0.2, -0.15) is 0 Å². The summed E-state index contributed by atoms with van der Waals surface area (Å²) in [6.07, 6.45) is 0. The Kier molecular flexibility index (Phi) is 5.84. The average molecular weight is 443 g/mol. The average Bonchev–Trinajstić information content (AvgIpc) is 3.41. The van der Waals surface area contributed by atoms with Gasteiger partial charge in [-0.15, -0.1) is 22.7 Å². The Morgan fingerprint density at radius 3 is 2.76 bits per heavy atom. The predicted molar refractivity (Wildman–Crippen MR) is 121 cm³/mol. The maximum atomic E-state index is 13.2. The lowest BCUT2D eigenvalue weighted by Gasteiger charge is -2.11. The molecule has 0 aliphatic heterocycles. The van der Waals surface area contributed by atoms with Crippen LogP contribution in [0.4, 0.5) is 0 Å². The van der Waals surface area contributed by atoms with E-state index >= 15 is 0 Å². The lowest BCUT2D eigenvalue weighted by molar-refractivity contribution is 0.101. The Labute approximate surface area is 180 Å². The van der Waals surface area contributed by atoms with E-state index in [1.54, 1.807) is 35.1 Å². The summed E-state index contributed by atoms with van der Waals surface area (Å²) in [4.78, 5) is 32.4. The first-order chi connectivity index (χ1) is 14.1. The number of benzene rings is 1. The first-order valence-electron chi connectivity index (χ1n) is 8.99. The fourth-order valence-corrected chi connectivity index (χ4v) is 5.84. The molecule has 5 nitrogen and oxygen atoms in total. The van der Waals surface area contributed by atoms with Crippen molar-refractivity contribution in [1.29, 1.82) is 0 Å². The lowest BCUT2D eigenvalue weighted by atomic mass is 10.1. The standard InChI is InChI=1S/C21H18N2O3S3/c1-3-23-20(25)18-14(17-9-6-10-27-17)11-28-19(18)22-21(23)29-12-15(24)13-7-4-5-8-16(13)26-2/h4-11H,3,12H2,1-2H3. The number of nitrogens with zero attached hydrogens (tertiary/aromatic N) is 2. The van der Waals surface area contributed by atoms with Gasteiger partial charge in [0.2, 0.25) is 0 Å². The SMILES string of the molecule is CCn1c(SCC(=O)c2ccccc2OC)nc2scc(-c3cccs3)c2c1=O. The largest absolute Gasteiger partial charge is 0.496 e. The minimum absolute atomic E-state index is 0.0603. The van der Waals surface area contributed by atoms with E-state index < -0.39 is 0 Å². The van der Waals surface area contributed by atoms with Crippen LogP contribution in [-0.4, -0.2) is 28.2 Å². The van der Waals surface area contributed by atoms with E-state index in [9.17, 15) is 9.59 Å². The summed E-state index contributed by atoms with van der Waals surface area (Å²) in [7, 11) is 1.55. The predicted octanol–water partition coefficient (Wildman–Crippen LogP) is 5.19. The number of carbonyl (C=O) groups is 1. The first-order valence-corrected chi connectivity index (χ1v) is 11.7. The van der Waals surface area contributed by atoms with Crippen molar-refractivity contribution in [2.24, 2.45) is 0 Å². The molecule has 3 aromatic heterocycles. The molecule has 0 bridgehead atoms. The second-order valence-electron chi connectivity index (χ2n) is 6.16. The molecule has 0 saturated heterocycles. The van der Waals surface area contributed by atoms with Crippen molar-refractivity contribution in [2.45, 2.75) is 18.6 Å². The number of methoxy groups -OCH3 is 1. The zero-order valence-corrected chi connectivity index (χ0v) is 18.3. The molecule has 0 spiro atoms. The number of hydrogen-bond donors (Lipinski definition) is 0. The Hall–Kier alpha value is -2.42. The van der Waals surface area contributed by atoms with Crippen LogP contribution in [0.5, 0.6) is 5.75 Å². The van der Waals surface area contributed by atoms with Crippen molar-refractivity contribution in [2.75, 3.05) is 12.9 Å². The highest BCUT2D eigenvalue weighted by atomic mass is 32.2. The van der Waals surface area contributed by atoms with Crippen LogP contribution in [0, 0.1) is 0 Å². The summed E-state index contributed by atoms with van der Waals surface area (Å²) in [6, 6.07) is 11.1. The molecule has 0 fully saturated rings. The number of Topliss-reactive ketones (excluding diaryl/α,β-unsaturated/α-hetero) is 1. The molecule has 29 heavy (non-hydrogen) atoms. The van der Waals surface area contributed by atoms with Gasteiger partial charge in [-0.3, -0.25) is 14.2 Å². The van der Waals surface area contributed by atoms with Crippen LogP contribution >= 0.6 is 34.4 Å². The monoisotopic (exact) mass is 442 g/mol. The third-order valence-corrected chi connectivity index (χ3v) is 7.25. The molecule has 4 rings (SSSR count). The highest BCUT2D eigenvalue weighted by molar-refractivity contribution is 7.99. The molecule has 1 aromatic carbocycles. The van der Waals surface area contributed by atoms with Gasteiger partial charge in [-0.25, -0.2) is 4.98 Å². The van der Waals surface area contributed by atoms with E-state index in [-0.39, 0.29) is 17.1 Å². The van der Waals surface area contributed by atoms with Gasteiger partial charge in [-0.1, -0.05) is 30.0 Å². The fraction of sp³-hybridized carbons (Fsp3) is 0.190. The Bertz CT molecular complexity index is 1230. The van der Waals surface area contributed by atoms with E-state index in [4.69, 9.17) is 9.72 Å². The van der Waals surface area contributed by atoms with Crippen LogP contribution in [-0.2, 0) is 6.54 Å². The fourth-order valence-electron chi connectivity index (χ4n) is 3.09. The molecule has 0 N–H and O–H groups in total. The number of rotatable bonds is 7. The number of fused-ring (bicyclic) bond motifs is 1. The quantitative estimate of drug-likeness (QED) is 0.224. The Balaban J connectivity index is 1.68. The zero-order chi connectivity index (χ0) is 20.4. The molecular formula is C21H18N2O3S3. The van der Waals surface area contributed by atoms with Gasteiger partial charge in [0.05, 0.1) is 23.8 Å². The number of thioether (sulfide) groups is 1. The number of ether oxygens (including phenoxy) is 1. The van der Waals surface area contributed by atoms with Gasteiger partial charge in [0.15, 0.2) is 10.9 Å². The van der Waals surface area contributed by atoms with Crippen LogP contribution in [0.15, 0.2) is 57.1 Å². The molecule has 0 saturated carbocycles. The van der Waals surface area contributed by atoms with Gasteiger partial charge >= 0.3 is 0 Å². The van der Waals surface area contributed by atoms with Crippen LogP contribution in [0.2, 0.25) is 0 Å². The highest BCUT2D eigenvalue weighted by Gasteiger charge is 2.19. The van der Waals surface area contributed by atoms with E-state index in [0.29, 0.717) is 33.2 Å². The van der Waals surface area contributed by atoms with Crippen molar-refractivity contribution < 1.29 is 9.53 Å². The third-order valence-electron chi connectivity index (χ3n) is 4.50. The molecule has 3 heterocycles. The van der Waals surface area contributed by atoms with Gasteiger partial charge in [0.1, 0.15) is 10.6 Å². The van der Waals surface area contributed by atoms with E-state index in [1.807, 2.05) is 41.9 Å². The van der Waals surface area contributed by atoms with Gasteiger partial charge in [0, 0.05) is 22.4 Å². The number of aromatic nitrogens is 2. The van der Waals surface area contributed by atoms with Crippen LogP contribution in [0.3, 0.4) is 0 Å². The summed E-state index contributed by atoms with van der Waals surface area (Å²) in [6.45, 7) is 2.41. The van der Waals surface area contributed by atoms with Crippen molar-refractivity contribution in [3.63, 3.8) is 0 Å². The smallest absolute Gasteiger partial charge is 0.263 e. The normalized spacial score (nSPS) is 11.1. The van der Waals surface area contributed by atoms with Crippen molar-refractivity contribution in [3.05, 3.63) is 63.1 Å². The van der Waals surface area contributed by atoms with E-state index in [2.05, 4.69) is 0 Å². The highest BCUT2D eigenvalue weighted by Crippen LogP contribution is 2.34. The van der Waals surface area contributed by atoms with Gasteiger partial charge < -0.3 is 4.74 Å². The minimum Gasteiger partial charge on any atom is -0.496 e. The van der Waals surface area contributed by atoms with Crippen molar-refractivity contribution >= 4 is 50.4 Å². The summed E-state index contributed by atoms with van der Waals surface area (Å²) in [5.41, 5.74) is 1.40. The minimum atomic E-state index is -0.0607. The van der Waals surface area contributed by atoms with Crippen molar-refractivity contribution in [3.8, 4) is 16.2 Å². The lowest BCUT2D eigenvalue weighted by Crippen LogP contribution is -2.22. The zero-order valence-electron chi connectivity index (χ0n) is 15.9. The van der Waals surface area contributed by atoms with E-state index in [1.165, 1.54) is 23.1 Å². The van der Waals surface area contributed by atoms with Gasteiger partial charge in [0.25, 0.3) is 5.56 Å². The van der Waals surface area contributed by atoms with Crippen LogP contribution in [0.1, 0.15) is 17.3 Å². The maximum absolute atomic E-state index is 13.2. The Morgan fingerprint density at radius 2 is 2.03 bits per heavy atom. The molecule has 148 valence electrons. The molecular weight excluding hydrogens is 424 g/mol. The molecule has 0 aliphatic carbocycles. The molecule has 8 heteroatoms. The molecule has 0 unspecified atom stereocenters. The molecule has 0 amide bonds. The van der Waals surface area contributed by atoms with E-state index in [0.717, 1.165) is 10.4 Å². The number of hydrogen-bond acceptors (Lipinski definition) is 7. The summed E-state index contributed by atoms with van der Waals surface area (Å²) in [5, 5.41) is 5.20. The second kappa shape index (κ2) is 8.52. The van der Waals surface area contributed by atoms with Crippen molar-refractivity contribution in [1.82, 2.24) is 9.55 Å². The molecule has 0 atom stereocenters. The maximum Gasteiger partial charge on any atom is 0.263 e. The number of carbonyl (C=O) groups excluding carboxylic acids is 1. The summed E-state index contributed by atoms with van der Waals surface area (Å²) >= 11 is 4.35. The second-order valence-corrected chi connectivity index (χ2v) is 8.91. The molecule has 0 radical (unpaired) electrons. The third kappa shape index (κ3) is 3.75. The van der Waals surface area contributed by atoms with Crippen LogP contribution in [0.25, 0.3) is 20.7 Å². The molecule has 0 aliphatic rings. The first kappa shape index (κ1) is 19.9.